The molecular weight excluding hydrogens is 693 g/mol. The number of carbonyl (C=O) groups is 1. The van der Waals surface area contributed by atoms with E-state index in [1.807, 2.05) is 91.9 Å². The Hall–Kier alpha value is -5.65. The Labute approximate surface area is 334 Å². The Balaban J connectivity index is 0.00000194. The van der Waals surface area contributed by atoms with Crippen LogP contribution in [0.4, 0.5) is 0 Å². The van der Waals surface area contributed by atoms with Crippen LogP contribution in [0.25, 0.3) is 5.76 Å². The van der Waals surface area contributed by atoms with E-state index in [0.29, 0.717) is 24.5 Å². The maximum absolute atomic E-state index is 13.3. The number of ether oxygens (including phenoxy) is 4. The molecule has 0 N–H and O–H groups in total. The van der Waals surface area contributed by atoms with Crippen molar-refractivity contribution in [1.82, 2.24) is 0 Å². The van der Waals surface area contributed by atoms with Crippen molar-refractivity contribution in [3.05, 3.63) is 203 Å². The predicted octanol–water partition coefficient (Wildman–Crippen LogP) is 12.1. The number of aryl methyl sites for hydroxylation is 3. The van der Waals surface area contributed by atoms with Crippen molar-refractivity contribution in [3.8, 4) is 5.75 Å². The Morgan fingerprint density at radius 2 is 1.18 bits per heavy atom. The van der Waals surface area contributed by atoms with Crippen molar-refractivity contribution in [2.45, 2.75) is 77.6 Å². The highest BCUT2D eigenvalue weighted by molar-refractivity contribution is 5.89. The van der Waals surface area contributed by atoms with Crippen molar-refractivity contribution in [2.75, 3.05) is 13.2 Å². The van der Waals surface area contributed by atoms with E-state index in [1.54, 1.807) is 11.6 Å². The van der Waals surface area contributed by atoms with Crippen LogP contribution < -0.4 is 4.74 Å². The topological polar surface area (TPSA) is 54.0 Å². The van der Waals surface area contributed by atoms with Crippen LogP contribution in [0.15, 0.2) is 164 Å². The van der Waals surface area contributed by atoms with Gasteiger partial charge in [-0.05, 0) is 110 Å². The molecule has 5 aromatic rings. The van der Waals surface area contributed by atoms with E-state index in [4.69, 9.17) is 18.9 Å². The maximum atomic E-state index is 13.3. The molecule has 5 aromatic carbocycles. The molecule has 1 aliphatic carbocycles. The monoisotopic (exact) mass is 748 g/mol. The minimum absolute atomic E-state index is 0.113. The molecule has 5 nitrogen and oxygen atoms in total. The van der Waals surface area contributed by atoms with E-state index in [9.17, 15) is 4.79 Å². The van der Waals surface area contributed by atoms with Crippen LogP contribution in [0, 0.1) is 0 Å². The second kappa shape index (κ2) is 23.3. The molecular formula is C51H56O5. The zero-order valence-electron chi connectivity index (χ0n) is 32.9. The normalized spacial score (nSPS) is 12.6. The first kappa shape index (κ1) is 41.5. The highest BCUT2D eigenvalue weighted by atomic mass is 16.6. The van der Waals surface area contributed by atoms with Gasteiger partial charge in [0.1, 0.15) is 24.7 Å². The fourth-order valence-electron chi connectivity index (χ4n) is 6.38. The van der Waals surface area contributed by atoms with Gasteiger partial charge in [-0.3, -0.25) is 0 Å². The summed E-state index contributed by atoms with van der Waals surface area (Å²) in [4.78, 5) is 13.3. The quantitative estimate of drug-likeness (QED) is 0.0478. The van der Waals surface area contributed by atoms with Gasteiger partial charge in [0.25, 0.3) is 0 Å². The molecule has 0 saturated heterocycles. The third-order valence-corrected chi connectivity index (χ3v) is 9.59. The van der Waals surface area contributed by atoms with Gasteiger partial charge in [-0.25, -0.2) is 4.79 Å². The average molecular weight is 749 g/mol. The molecule has 0 aromatic heterocycles. The molecule has 0 saturated carbocycles. The van der Waals surface area contributed by atoms with Crippen LogP contribution in [0.1, 0.15) is 82.8 Å². The van der Waals surface area contributed by atoms with Gasteiger partial charge in [-0.1, -0.05) is 133 Å². The first-order valence-electron chi connectivity index (χ1n) is 19.8. The molecule has 1 atom stereocenters. The molecule has 1 unspecified atom stereocenters. The minimum atomic E-state index is -0.645. The zero-order chi connectivity index (χ0) is 39.2. The van der Waals surface area contributed by atoms with Crippen molar-refractivity contribution >= 4 is 11.7 Å². The van der Waals surface area contributed by atoms with Gasteiger partial charge < -0.3 is 18.9 Å². The van der Waals surface area contributed by atoms with Gasteiger partial charge in [-0.15, -0.1) is 6.58 Å². The van der Waals surface area contributed by atoms with Crippen molar-refractivity contribution < 1.29 is 23.7 Å². The Kier molecular flexibility index (Phi) is 17.3. The first-order valence-corrected chi connectivity index (χ1v) is 19.8. The van der Waals surface area contributed by atoms with E-state index in [-0.39, 0.29) is 13.2 Å². The summed E-state index contributed by atoms with van der Waals surface area (Å²) in [6.07, 6.45) is 12.6. The summed E-state index contributed by atoms with van der Waals surface area (Å²) in [5.74, 6) is 0.901. The summed E-state index contributed by atoms with van der Waals surface area (Å²) in [5, 5.41) is 0. The molecule has 5 heteroatoms. The Morgan fingerprint density at radius 3 is 1.79 bits per heavy atom. The van der Waals surface area contributed by atoms with Gasteiger partial charge in [0, 0.05) is 5.56 Å². The second-order valence-corrected chi connectivity index (χ2v) is 14.1. The molecule has 6 rings (SSSR count). The second-order valence-electron chi connectivity index (χ2n) is 14.1. The molecule has 0 radical (unpaired) electrons. The molecule has 0 fully saturated rings. The molecule has 0 spiro atoms. The third-order valence-electron chi connectivity index (χ3n) is 9.59. The number of allylic oxidation sites excluding steroid dienone is 3. The molecule has 0 aliphatic heterocycles. The molecule has 0 amide bonds. The van der Waals surface area contributed by atoms with Crippen LogP contribution in [0.3, 0.4) is 0 Å². The molecule has 56 heavy (non-hydrogen) atoms. The first-order chi connectivity index (χ1) is 27.5. The van der Waals surface area contributed by atoms with Gasteiger partial charge in [0.2, 0.25) is 0 Å². The molecule has 1 aliphatic rings. The highest BCUT2D eigenvalue weighted by Gasteiger charge is 2.19. The van der Waals surface area contributed by atoms with Crippen LogP contribution >= 0.6 is 0 Å². The highest BCUT2D eigenvalue weighted by Crippen LogP contribution is 2.23. The number of hydrogen-bond acceptors (Lipinski definition) is 5. The number of carbonyl (C=O) groups excluding carboxylic acids is 1. The number of esters is 1. The number of benzene rings is 5. The number of rotatable bonds is 19. The van der Waals surface area contributed by atoms with Crippen LogP contribution in [-0.4, -0.2) is 25.3 Å². The van der Waals surface area contributed by atoms with E-state index < -0.39 is 12.1 Å². The Morgan fingerprint density at radius 1 is 0.643 bits per heavy atom. The fraction of sp³-hybridized carbons (Fsp3) is 0.275. The van der Waals surface area contributed by atoms with E-state index in [0.717, 1.165) is 48.1 Å². The molecule has 290 valence electrons. The predicted molar refractivity (Wildman–Crippen MR) is 229 cm³/mol. The van der Waals surface area contributed by atoms with Gasteiger partial charge in [0.15, 0.2) is 6.10 Å². The summed E-state index contributed by atoms with van der Waals surface area (Å²) in [6.45, 7) is 10.6. The lowest BCUT2D eigenvalue weighted by atomic mass is 9.94. The molecule has 0 heterocycles. The lowest BCUT2D eigenvalue weighted by Gasteiger charge is -2.20. The SMILES string of the molecule is C=C(OCC(COCc1ccc(OCc2ccccc2)cc1)OC(=O)c1ccc(CCc2ccccc2)cc1)c1ccc(CCC2=CCCCC2)cc1.C=CC. The lowest BCUT2D eigenvalue weighted by Crippen LogP contribution is -2.28. The zero-order valence-corrected chi connectivity index (χ0v) is 32.9. The minimum Gasteiger partial charge on any atom is -0.490 e. The summed E-state index contributed by atoms with van der Waals surface area (Å²) < 4.78 is 24.1. The summed E-state index contributed by atoms with van der Waals surface area (Å²) >= 11 is 0. The van der Waals surface area contributed by atoms with Crippen molar-refractivity contribution in [2.24, 2.45) is 0 Å². The summed E-state index contributed by atoms with van der Waals surface area (Å²) in [7, 11) is 0. The van der Waals surface area contributed by atoms with Crippen LogP contribution in [-0.2, 0) is 46.7 Å². The smallest absolute Gasteiger partial charge is 0.338 e. The maximum Gasteiger partial charge on any atom is 0.338 e. The summed E-state index contributed by atoms with van der Waals surface area (Å²) in [5.41, 5.74) is 8.83. The van der Waals surface area contributed by atoms with Gasteiger partial charge in [0.05, 0.1) is 18.8 Å². The summed E-state index contributed by atoms with van der Waals surface area (Å²) in [6, 6.07) is 44.4. The van der Waals surface area contributed by atoms with Gasteiger partial charge in [-0.2, -0.15) is 0 Å². The van der Waals surface area contributed by atoms with Gasteiger partial charge >= 0.3 is 5.97 Å². The fourth-order valence-corrected chi connectivity index (χ4v) is 6.38. The average Bonchev–Trinajstić information content (AvgIpc) is 3.25. The lowest BCUT2D eigenvalue weighted by molar-refractivity contribution is -0.0272. The van der Waals surface area contributed by atoms with Crippen molar-refractivity contribution in [1.29, 1.82) is 0 Å². The standard InChI is InChI=1S/C48H50O5.C3H6/c1-37(44-27-21-40(22-28-44)19-17-38-11-5-2-6-12-38)51-36-47(35-50-33-43-25-31-46(32-26-43)52-34-42-15-9-4-10-16-42)53-48(49)45-29-23-41(24-30-45)20-18-39-13-7-3-8-14-39;1-3-2/h3-4,7-11,13-16,21-32,47H,1-2,5-6,12,17-20,33-36H2;3H,1H2,2H3. The Bertz CT molecular complexity index is 1930. The van der Waals surface area contributed by atoms with E-state index >= 15 is 0 Å². The van der Waals surface area contributed by atoms with E-state index in [1.165, 1.54) is 42.4 Å². The van der Waals surface area contributed by atoms with Crippen LogP contribution in [0.2, 0.25) is 0 Å². The largest absolute Gasteiger partial charge is 0.490 e. The third kappa shape index (κ3) is 14.5. The molecule has 0 bridgehead atoms. The number of hydrogen-bond donors (Lipinski definition) is 0. The van der Waals surface area contributed by atoms with Crippen molar-refractivity contribution in [3.63, 3.8) is 0 Å². The van der Waals surface area contributed by atoms with E-state index in [2.05, 4.69) is 67.8 Å². The van der Waals surface area contributed by atoms with Crippen LogP contribution in [0.5, 0.6) is 5.75 Å².